The zero-order valence-electron chi connectivity index (χ0n) is 12.1. The van der Waals surface area contributed by atoms with E-state index in [0.29, 0.717) is 5.56 Å². The van der Waals surface area contributed by atoms with Crippen LogP contribution in [0.3, 0.4) is 0 Å². The lowest BCUT2D eigenvalue weighted by molar-refractivity contribution is -0.117. The predicted octanol–water partition coefficient (Wildman–Crippen LogP) is 2.88. The molecule has 1 unspecified atom stereocenters. The third kappa shape index (κ3) is 4.94. The number of benzene rings is 1. The molecule has 0 aliphatic rings. The molecule has 0 aliphatic carbocycles. The number of aliphatic hydroxyl groups is 1. The summed E-state index contributed by atoms with van der Waals surface area (Å²) in [6, 6.07) is 7.47. The van der Waals surface area contributed by atoms with Crippen molar-refractivity contribution in [2.24, 2.45) is 5.92 Å². The van der Waals surface area contributed by atoms with Gasteiger partial charge in [0, 0.05) is 11.5 Å². The van der Waals surface area contributed by atoms with Crippen LogP contribution >= 0.6 is 0 Å². The summed E-state index contributed by atoms with van der Waals surface area (Å²) in [5.41, 5.74) is 2.62. The lowest BCUT2D eigenvalue weighted by Gasteiger charge is -2.07. The molecule has 20 heavy (non-hydrogen) atoms. The highest BCUT2D eigenvalue weighted by atomic mass is 16.3. The van der Waals surface area contributed by atoms with E-state index in [2.05, 4.69) is 0 Å². The maximum atomic E-state index is 12.2. The van der Waals surface area contributed by atoms with Gasteiger partial charge in [-0.1, -0.05) is 54.5 Å². The number of carbonyl (C=O) groups excluding carboxylic acids is 2. The Morgan fingerprint density at radius 1 is 1.20 bits per heavy atom. The Hall–Kier alpha value is -2.00. The van der Waals surface area contributed by atoms with Crippen LogP contribution in [-0.2, 0) is 4.79 Å². The number of hydrogen-bond acceptors (Lipinski definition) is 3. The van der Waals surface area contributed by atoms with Gasteiger partial charge in [0.15, 0.2) is 11.6 Å². The van der Waals surface area contributed by atoms with Gasteiger partial charge in [-0.3, -0.25) is 9.59 Å². The molecule has 0 saturated heterocycles. The van der Waals surface area contributed by atoms with Crippen LogP contribution < -0.4 is 0 Å². The standard InChI is InChI=1S/C17H20O3/c1-12-4-7-15(8-5-12)17(20)14(3)10-13(2)6-9-16(19)11-18/h4-10,14,18H,11H2,1-3H3/b9-6+,13-10+. The normalized spacial score (nSPS) is 13.5. The van der Waals surface area contributed by atoms with E-state index in [1.807, 2.05) is 51.1 Å². The largest absolute Gasteiger partial charge is 0.388 e. The zero-order chi connectivity index (χ0) is 15.1. The van der Waals surface area contributed by atoms with Crippen LogP contribution in [0.4, 0.5) is 0 Å². The number of Topliss-reactive ketones (excluding diaryl/α,β-unsaturated/α-hetero) is 1. The summed E-state index contributed by atoms with van der Waals surface area (Å²) in [5, 5.41) is 8.61. The Balaban J connectivity index is 2.76. The van der Waals surface area contributed by atoms with Gasteiger partial charge >= 0.3 is 0 Å². The highest BCUT2D eigenvalue weighted by Gasteiger charge is 2.12. The minimum Gasteiger partial charge on any atom is -0.388 e. The maximum Gasteiger partial charge on any atom is 0.181 e. The SMILES string of the molecule is CC(/C=C/C(=O)CO)=C\C(C)C(=O)c1ccc(C)cc1. The van der Waals surface area contributed by atoms with Crippen molar-refractivity contribution in [3.8, 4) is 0 Å². The molecule has 0 saturated carbocycles. The number of aryl methyl sites for hydroxylation is 1. The Labute approximate surface area is 119 Å². The van der Waals surface area contributed by atoms with Gasteiger partial charge in [0.05, 0.1) is 0 Å². The molecule has 0 heterocycles. The molecule has 1 atom stereocenters. The van der Waals surface area contributed by atoms with E-state index < -0.39 is 6.61 Å². The summed E-state index contributed by atoms with van der Waals surface area (Å²) in [4.78, 5) is 23.2. The van der Waals surface area contributed by atoms with Gasteiger partial charge in [-0.2, -0.15) is 0 Å². The summed E-state index contributed by atoms with van der Waals surface area (Å²) >= 11 is 0. The van der Waals surface area contributed by atoms with Crippen LogP contribution in [0.2, 0.25) is 0 Å². The molecule has 1 aromatic rings. The number of aliphatic hydroxyl groups excluding tert-OH is 1. The lowest BCUT2D eigenvalue weighted by Crippen LogP contribution is -2.09. The van der Waals surface area contributed by atoms with Crippen LogP contribution in [0.25, 0.3) is 0 Å². The summed E-state index contributed by atoms with van der Waals surface area (Å²) in [6.07, 6.45) is 4.73. The van der Waals surface area contributed by atoms with E-state index >= 15 is 0 Å². The van der Waals surface area contributed by atoms with Crippen molar-refractivity contribution in [2.45, 2.75) is 20.8 Å². The van der Waals surface area contributed by atoms with Crippen molar-refractivity contribution < 1.29 is 14.7 Å². The Kier molecular flexibility index (Phi) is 6.07. The molecule has 0 amide bonds. The van der Waals surface area contributed by atoms with Crippen LogP contribution in [0.15, 0.2) is 48.1 Å². The number of ketones is 2. The fourth-order valence-electron chi connectivity index (χ4n) is 1.78. The Bertz CT molecular complexity index is 536. The molecule has 3 nitrogen and oxygen atoms in total. The van der Waals surface area contributed by atoms with Crippen LogP contribution in [-0.4, -0.2) is 23.3 Å². The molecule has 1 N–H and O–H groups in total. The molecule has 0 fully saturated rings. The fourth-order valence-corrected chi connectivity index (χ4v) is 1.78. The van der Waals surface area contributed by atoms with Crippen LogP contribution in [0, 0.1) is 12.8 Å². The van der Waals surface area contributed by atoms with Gasteiger partial charge in [0.25, 0.3) is 0 Å². The van der Waals surface area contributed by atoms with Crippen molar-refractivity contribution in [2.75, 3.05) is 6.61 Å². The maximum absolute atomic E-state index is 12.2. The quantitative estimate of drug-likeness (QED) is 0.492. The molecule has 0 radical (unpaired) electrons. The third-order valence-corrected chi connectivity index (χ3v) is 2.95. The summed E-state index contributed by atoms with van der Waals surface area (Å²) < 4.78 is 0. The Morgan fingerprint density at radius 2 is 1.80 bits per heavy atom. The van der Waals surface area contributed by atoms with E-state index in [-0.39, 0.29) is 17.5 Å². The first-order valence-corrected chi connectivity index (χ1v) is 6.55. The molecule has 0 bridgehead atoms. The highest BCUT2D eigenvalue weighted by Crippen LogP contribution is 2.13. The van der Waals surface area contributed by atoms with Crippen molar-refractivity contribution >= 4 is 11.6 Å². The van der Waals surface area contributed by atoms with Crippen LogP contribution in [0.5, 0.6) is 0 Å². The van der Waals surface area contributed by atoms with Gasteiger partial charge in [0.1, 0.15) is 6.61 Å². The monoisotopic (exact) mass is 272 g/mol. The summed E-state index contributed by atoms with van der Waals surface area (Å²) in [6.45, 7) is 5.12. The Morgan fingerprint density at radius 3 is 2.35 bits per heavy atom. The first-order valence-electron chi connectivity index (χ1n) is 6.55. The minimum atomic E-state index is -0.498. The second-order valence-corrected chi connectivity index (χ2v) is 4.89. The summed E-state index contributed by atoms with van der Waals surface area (Å²) in [7, 11) is 0. The number of allylic oxidation sites excluding steroid dienone is 3. The molecule has 1 rings (SSSR count). The van der Waals surface area contributed by atoms with E-state index in [0.717, 1.165) is 11.1 Å². The molecule has 0 aromatic heterocycles. The van der Waals surface area contributed by atoms with E-state index in [1.165, 1.54) is 6.08 Å². The van der Waals surface area contributed by atoms with Crippen molar-refractivity contribution in [3.63, 3.8) is 0 Å². The van der Waals surface area contributed by atoms with Crippen LogP contribution in [0.1, 0.15) is 29.8 Å². The molecular weight excluding hydrogens is 252 g/mol. The van der Waals surface area contributed by atoms with Gasteiger partial charge in [-0.05, 0) is 19.9 Å². The first-order chi connectivity index (χ1) is 9.43. The molecular formula is C17H20O3. The van der Waals surface area contributed by atoms with E-state index in [9.17, 15) is 9.59 Å². The zero-order valence-corrected chi connectivity index (χ0v) is 12.1. The molecule has 106 valence electrons. The average molecular weight is 272 g/mol. The second kappa shape index (κ2) is 7.56. The van der Waals surface area contributed by atoms with Crippen molar-refractivity contribution in [1.29, 1.82) is 0 Å². The van der Waals surface area contributed by atoms with Gasteiger partial charge in [-0.15, -0.1) is 0 Å². The minimum absolute atomic E-state index is 0.0474. The van der Waals surface area contributed by atoms with Crippen molar-refractivity contribution in [3.05, 3.63) is 59.2 Å². The smallest absolute Gasteiger partial charge is 0.181 e. The first kappa shape index (κ1) is 16.1. The van der Waals surface area contributed by atoms with Gasteiger partial charge in [0.2, 0.25) is 0 Å². The number of hydrogen-bond donors (Lipinski definition) is 1. The lowest BCUT2D eigenvalue weighted by atomic mass is 9.96. The van der Waals surface area contributed by atoms with E-state index in [1.54, 1.807) is 6.08 Å². The highest BCUT2D eigenvalue weighted by molar-refractivity contribution is 5.98. The fraction of sp³-hybridized carbons (Fsp3) is 0.294. The predicted molar refractivity (Wildman–Crippen MR) is 79.7 cm³/mol. The second-order valence-electron chi connectivity index (χ2n) is 4.89. The molecule has 0 aliphatic heterocycles. The van der Waals surface area contributed by atoms with Gasteiger partial charge < -0.3 is 5.11 Å². The molecule has 3 heteroatoms. The van der Waals surface area contributed by atoms with Gasteiger partial charge in [-0.25, -0.2) is 0 Å². The number of carbonyl (C=O) groups is 2. The average Bonchev–Trinajstić information content (AvgIpc) is 2.44. The van der Waals surface area contributed by atoms with E-state index in [4.69, 9.17) is 5.11 Å². The van der Waals surface area contributed by atoms with Crippen molar-refractivity contribution in [1.82, 2.24) is 0 Å². The topological polar surface area (TPSA) is 54.4 Å². The number of rotatable bonds is 6. The third-order valence-electron chi connectivity index (χ3n) is 2.95. The molecule has 1 aromatic carbocycles. The summed E-state index contributed by atoms with van der Waals surface area (Å²) in [5.74, 6) is -0.562. The molecule has 0 spiro atoms.